The first kappa shape index (κ1) is 19.6. The molecule has 2 aromatic carbocycles. The molecule has 0 saturated carbocycles. The van der Waals surface area contributed by atoms with Crippen molar-refractivity contribution in [3.8, 4) is 11.3 Å². The molecule has 142 valence electrons. The molecule has 0 aliphatic rings. The Kier molecular flexibility index (Phi) is 5.69. The number of halogens is 4. The van der Waals surface area contributed by atoms with Gasteiger partial charge in [0, 0.05) is 35.1 Å². The molecule has 1 heterocycles. The third-order valence-corrected chi connectivity index (χ3v) is 4.77. The zero-order valence-electron chi connectivity index (χ0n) is 14.4. The van der Waals surface area contributed by atoms with Crippen LogP contribution in [0.2, 0.25) is 5.02 Å². The first-order valence-electron chi connectivity index (χ1n) is 7.87. The maximum absolute atomic E-state index is 13.1. The Balaban J connectivity index is 2.02. The van der Waals surface area contributed by atoms with Crippen molar-refractivity contribution in [2.24, 2.45) is 7.05 Å². The predicted molar refractivity (Wildman–Crippen MR) is 103 cm³/mol. The summed E-state index contributed by atoms with van der Waals surface area (Å²) in [5.41, 5.74) is 1.54. The SMILES string of the molecule is CNSc1ccc(Nc2ccc(Cl)c(C(F)(F)F)c2)c(-c2cn(C)cn2)c1. The first-order valence-corrected chi connectivity index (χ1v) is 9.07. The van der Waals surface area contributed by atoms with Crippen molar-refractivity contribution < 1.29 is 13.2 Å². The van der Waals surface area contributed by atoms with Crippen LogP contribution in [-0.4, -0.2) is 16.6 Å². The quantitative estimate of drug-likeness (QED) is 0.525. The molecule has 0 atom stereocenters. The number of alkyl halides is 3. The van der Waals surface area contributed by atoms with Gasteiger partial charge in [-0.2, -0.15) is 13.2 Å². The Morgan fingerprint density at radius 2 is 1.93 bits per heavy atom. The highest BCUT2D eigenvalue weighted by Crippen LogP contribution is 2.38. The fraction of sp³-hybridized carbons (Fsp3) is 0.167. The van der Waals surface area contributed by atoms with Crippen LogP contribution >= 0.6 is 23.5 Å². The fourth-order valence-corrected chi connectivity index (χ4v) is 3.33. The van der Waals surface area contributed by atoms with Crippen molar-refractivity contribution in [1.82, 2.24) is 14.3 Å². The second kappa shape index (κ2) is 7.84. The number of hydrogen-bond donors (Lipinski definition) is 2. The smallest absolute Gasteiger partial charge is 0.355 e. The number of rotatable bonds is 5. The fourth-order valence-electron chi connectivity index (χ4n) is 2.55. The van der Waals surface area contributed by atoms with E-state index in [9.17, 15) is 13.2 Å². The second-order valence-corrected chi connectivity index (χ2v) is 7.25. The van der Waals surface area contributed by atoms with Crippen LogP contribution in [0.5, 0.6) is 0 Å². The molecule has 3 aromatic rings. The lowest BCUT2D eigenvalue weighted by molar-refractivity contribution is -0.137. The molecule has 0 aliphatic carbocycles. The molecule has 0 aliphatic heterocycles. The molecular formula is C18H16ClF3N4S. The number of aromatic nitrogens is 2. The maximum Gasteiger partial charge on any atom is 0.417 e. The number of nitrogens with one attached hydrogen (secondary N) is 2. The number of hydrogen-bond acceptors (Lipinski definition) is 4. The van der Waals surface area contributed by atoms with E-state index >= 15 is 0 Å². The molecule has 1 aromatic heterocycles. The number of aryl methyl sites for hydroxylation is 1. The van der Waals surface area contributed by atoms with Crippen LogP contribution in [-0.2, 0) is 13.2 Å². The van der Waals surface area contributed by atoms with E-state index < -0.39 is 11.7 Å². The normalized spacial score (nSPS) is 11.6. The molecule has 4 nitrogen and oxygen atoms in total. The largest absolute Gasteiger partial charge is 0.417 e. The van der Waals surface area contributed by atoms with Crippen LogP contribution in [0.1, 0.15) is 5.56 Å². The molecule has 2 N–H and O–H groups in total. The Bertz CT molecular complexity index is 956. The van der Waals surface area contributed by atoms with E-state index in [0.29, 0.717) is 11.4 Å². The summed E-state index contributed by atoms with van der Waals surface area (Å²) >= 11 is 7.13. The van der Waals surface area contributed by atoms with Gasteiger partial charge in [0.15, 0.2) is 0 Å². The van der Waals surface area contributed by atoms with Crippen LogP contribution in [0.25, 0.3) is 11.3 Å². The summed E-state index contributed by atoms with van der Waals surface area (Å²) in [4.78, 5) is 5.31. The summed E-state index contributed by atoms with van der Waals surface area (Å²) in [5.74, 6) is 0. The lowest BCUT2D eigenvalue weighted by Crippen LogP contribution is -2.06. The monoisotopic (exact) mass is 412 g/mol. The highest BCUT2D eigenvalue weighted by Gasteiger charge is 2.33. The van der Waals surface area contributed by atoms with Crippen molar-refractivity contribution >= 4 is 34.9 Å². The van der Waals surface area contributed by atoms with Crippen molar-refractivity contribution in [2.45, 2.75) is 11.1 Å². The lowest BCUT2D eigenvalue weighted by Gasteiger charge is -2.15. The van der Waals surface area contributed by atoms with Gasteiger partial charge in [-0.15, -0.1) is 0 Å². The minimum absolute atomic E-state index is 0.290. The summed E-state index contributed by atoms with van der Waals surface area (Å²) in [6, 6.07) is 9.35. The molecule has 0 amide bonds. The summed E-state index contributed by atoms with van der Waals surface area (Å²) in [5, 5.41) is 2.72. The summed E-state index contributed by atoms with van der Waals surface area (Å²) < 4.78 is 44.2. The van der Waals surface area contributed by atoms with Crippen LogP contribution in [0, 0.1) is 0 Å². The molecule has 27 heavy (non-hydrogen) atoms. The van der Waals surface area contributed by atoms with Crippen LogP contribution < -0.4 is 10.0 Å². The standard InChI is InChI=1S/C18H16ClF3N4S/c1-23-27-12-4-6-16(13(8-12)17-9-26(2)10-24-17)25-11-3-5-15(19)14(7-11)18(20,21)22/h3-10,23,25H,1-2H3. The van der Waals surface area contributed by atoms with Gasteiger partial charge >= 0.3 is 6.18 Å². The van der Waals surface area contributed by atoms with Crippen molar-refractivity contribution in [1.29, 1.82) is 0 Å². The Hall–Kier alpha value is -2.16. The van der Waals surface area contributed by atoms with E-state index in [1.165, 1.54) is 24.1 Å². The summed E-state index contributed by atoms with van der Waals surface area (Å²) in [6.07, 6.45) is -1.01. The van der Waals surface area contributed by atoms with Gasteiger partial charge in [0.2, 0.25) is 0 Å². The van der Waals surface area contributed by atoms with Crippen molar-refractivity contribution in [2.75, 3.05) is 12.4 Å². The molecule has 3 rings (SSSR count). The third kappa shape index (κ3) is 4.58. The number of nitrogens with zero attached hydrogens (tertiary/aromatic N) is 2. The van der Waals surface area contributed by atoms with Gasteiger partial charge in [-0.3, -0.25) is 4.72 Å². The molecule has 0 bridgehead atoms. The predicted octanol–water partition coefficient (Wildman–Crippen LogP) is 5.73. The van der Waals surface area contributed by atoms with Crippen molar-refractivity contribution in [3.05, 3.63) is 59.5 Å². The minimum atomic E-state index is -4.52. The van der Waals surface area contributed by atoms with Crippen molar-refractivity contribution in [3.63, 3.8) is 0 Å². The molecule has 0 unspecified atom stereocenters. The molecule has 0 saturated heterocycles. The second-order valence-electron chi connectivity index (χ2n) is 5.76. The van der Waals surface area contributed by atoms with Gasteiger partial charge in [-0.05, 0) is 55.4 Å². The first-order chi connectivity index (χ1) is 12.8. The molecule has 9 heteroatoms. The zero-order valence-corrected chi connectivity index (χ0v) is 16.0. The van der Waals surface area contributed by atoms with Gasteiger partial charge in [0.05, 0.1) is 22.6 Å². The number of anilines is 2. The van der Waals surface area contributed by atoms with E-state index in [1.807, 2.05) is 38.5 Å². The lowest BCUT2D eigenvalue weighted by atomic mass is 10.1. The zero-order chi connectivity index (χ0) is 19.6. The van der Waals surface area contributed by atoms with Gasteiger partial charge in [0.25, 0.3) is 0 Å². The molecule has 0 radical (unpaired) electrons. The average molecular weight is 413 g/mol. The summed E-state index contributed by atoms with van der Waals surface area (Å²) in [7, 11) is 3.66. The van der Waals surface area contributed by atoms with Crippen LogP contribution in [0.3, 0.4) is 0 Å². The maximum atomic E-state index is 13.1. The third-order valence-electron chi connectivity index (χ3n) is 3.74. The van der Waals surface area contributed by atoms with Gasteiger partial charge in [-0.25, -0.2) is 4.98 Å². The molecule has 0 spiro atoms. The topological polar surface area (TPSA) is 41.9 Å². The van der Waals surface area contributed by atoms with E-state index in [4.69, 9.17) is 11.6 Å². The van der Waals surface area contributed by atoms with Gasteiger partial charge in [0.1, 0.15) is 0 Å². The Labute approximate surface area is 163 Å². The average Bonchev–Trinajstić information content (AvgIpc) is 3.03. The highest BCUT2D eigenvalue weighted by atomic mass is 35.5. The number of imidazole rings is 1. The summed E-state index contributed by atoms with van der Waals surface area (Å²) in [6.45, 7) is 0. The number of benzene rings is 2. The highest BCUT2D eigenvalue weighted by molar-refractivity contribution is 7.97. The van der Waals surface area contributed by atoms with E-state index in [2.05, 4.69) is 15.0 Å². The van der Waals surface area contributed by atoms with Crippen LogP contribution in [0.15, 0.2) is 53.8 Å². The minimum Gasteiger partial charge on any atom is -0.355 e. The van der Waals surface area contributed by atoms with Gasteiger partial charge in [-0.1, -0.05) is 11.6 Å². The molecule has 0 fully saturated rings. The molecular weight excluding hydrogens is 397 g/mol. The Morgan fingerprint density at radius 3 is 2.56 bits per heavy atom. The van der Waals surface area contributed by atoms with Gasteiger partial charge < -0.3 is 9.88 Å². The Morgan fingerprint density at radius 1 is 1.15 bits per heavy atom. The van der Waals surface area contributed by atoms with Crippen LogP contribution in [0.4, 0.5) is 24.5 Å². The van der Waals surface area contributed by atoms with E-state index in [0.717, 1.165) is 16.5 Å². The van der Waals surface area contributed by atoms with E-state index in [1.54, 1.807) is 10.9 Å². The van der Waals surface area contributed by atoms with E-state index in [-0.39, 0.29) is 10.7 Å².